The highest BCUT2D eigenvalue weighted by Gasteiger charge is 2.26. The molecule has 3 rings (SSSR count). The topological polar surface area (TPSA) is 88.4 Å². The summed E-state index contributed by atoms with van der Waals surface area (Å²) in [5.74, 6) is 0.105. The fourth-order valence-corrected chi connectivity index (χ4v) is 4.56. The first-order valence-electron chi connectivity index (χ1n) is 10.6. The van der Waals surface area contributed by atoms with Crippen LogP contribution in [0, 0.1) is 11.8 Å². The van der Waals surface area contributed by atoms with Gasteiger partial charge in [-0.05, 0) is 54.9 Å². The lowest BCUT2D eigenvalue weighted by Crippen LogP contribution is -2.30. The van der Waals surface area contributed by atoms with Gasteiger partial charge in [0.05, 0.1) is 18.8 Å². The van der Waals surface area contributed by atoms with Crippen molar-refractivity contribution in [2.75, 3.05) is 6.26 Å². The van der Waals surface area contributed by atoms with E-state index < -0.39 is 22.0 Å². The van der Waals surface area contributed by atoms with Crippen molar-refractivity contribution in [2.24, 2.45) is 11.8 Å². The number of carbonyl (C=O) groups is 1. The highest BCUT2D eigenvalue weighted by molar-refractivity contribution is 7.89. The largest absolute Gasteiger partial charge is 0.393 e. The molecule has 1 heterocycles. The van der Waals surface area contributed by atoms with Crippen LogP contribution in [0.15, 0.2) is 42.7 Å². The Labute approximate surface area is 180 Å². The van der Waals surface area contributed by atoms with Crippen molar-refractivity contribution in [1.29, 1.82) is 0 Å². The molecule has 0 aliphatic heterocycles. The van der Waals surface area contributed by atoms with E-state index in [1.54, 1.807) is 0 Å². The summed E-state index contributed by atoms with van der Waals surface area (Å²) in [5.41, 5.74) is 3.58. The number of carbonyl (C=O) groups excluding carboxylic acids is 1. The summed E-state index contributed by atoms with van der Waals surface area (Å²) in [6.45, 7) is 6.49. The number of aliphatic hydroxyl groups excluding tert-OH is 1. The molecule has 0 saturated heterocycles. The Morgan fingerprint density at radius 3 is 2.33 bits per heavy atom. The summed E-state index contributed by atoms with van der Waals surface area (Å²) >= 11 is 0. The predicted octanol–water partition coefficient (Wildman–Crippen LogP) is 2.93. The summed E-state index contributed by atoms with van der Waals surface area (Å²) in [5, 5.41) is 10.3. The number of benzene rings is 1. The number of hydrogen-bond acceptors (Lipinski definition) is 4. The third kappa shape index (κ3) is 7.29. The van der Waals surface area contributed by atoms with E-state index in [2.05, 4.69) is 24.3 Å². The number of aliphatic hydroxyl groups is 1. The van der Waals surface area contributed by atoms with Crippen LogP contribution in [0.5, 0.6) is 0 Å². The van der Waals surface area contributed by atoms with Crippen LogP contribution in [0.25, 0.3) is 0 Å². The van der Waals surface area contributed by atoms with Crippen LogP contribution in [0.2, 0.25) is 0 Å². The first kappa shape index (κ1) is 24.2. The van der Waals surface area contributed by atoms with Crippen LogP contribution in [0.3, 0.4) is 0 Å². The number of amides is 1. The van der Waals surface area contributed by atoms with Crippen molar-refractivity contribution in [1.82, 2.24) is 9.29 Å². The van der Waals surface area contributed by atoms with E-state index in [4.69, 9.17) is 0 Å². The third-order valence-electron chi connectivity index (χ3n) is 5.37. The molecule has 0 radical (unpaired) electrons. The Kier molecular flexibility index (Phi) is 8.67. The van der Waals surface area contributed by atoms with Crippen molar-refractivity contribution in [3.63, 3.8) is 0 Å². The number of rotatable bonds is 8. The number of hydrogen-bond donors (Lipinski definition) is 2. The molecule has 30 heavy (non-hydrogen) atoms. The van der Waals surface area contributed by atoms with Crippen molar-refractivity contribution in [2.45, 2.75) is 59.1 Å². The van der Waals surface area contributed by atoms with Gasteiger partial charge in [-0.1, -0.05) is 38.1 Å². The van der Waals surface area contributed by atoms with Crippen LogP contribution in [0.4, 0.5) is 0 Å². The van der Waals surface area contributed by atoms with Gasteiger partial charge in [-0.15, -0.1) is 0 Å². The molecule has 2 N–H and O–H groups in total. The first-order chi connectivity index (χ1) is 14.2. The van der Waals surface area contributed by atoms with Gasteiger partial charge in [-0.2, -0.15) is 0 Å². The Morgan fingerprint density at radius 2 is 1.80 bits per heavy atom. The van der Waals surface area contributed by atoms with E-state index in [9.17, 15) is 18.3 Å². The molecule has 0 saturated carbocycles. The molecule has 166 valence electrons. The number of sulfonamides is 1. The van der Waals surface area contributed by atoms with Gasteiger partial charge in [0.15, 0.2) is 0 Å². The SMILES string of the molecule is CC.C[C@@H](O)[C@@H](CC1Cc2ccccc2C1)Cn1ccc(CC(=O)NS(C)(=O)=O)c1. The normalized spacial score (nSPS) is 15.6. The Bertz CT molecular complexity index is 909. The molecule has 2 atom stereocenters. The van der Waals surface area contributed by atoms with Gasteiger partial charge in [0, 0.05) is 24.9 Å². The van der Waals surface area contributed by atoms with Crippen molar-refractivity contribution in [3.8, 4) is 0 Å². The second-order valence-electron chi connectivity index (χ2n) is 7.97. The molecule has 1 aliphatic rings. The molecule has 0 unspecified atom stereocenters. The van der Waals surface area contributed by atoms with Gasteiger partial charge >= 0.3 is 0 Å². The maximum Gasteiger partial charge on any atom is 0.237 e. The van der Waals surface area contributed by atoms with Crippen LogP contribution in [-0.4, -0.2) is 36.4 Å². The number of nitrogens with one attached hydrogen (secondary N) is 1. The fourth-order valence-electron chi connectivity index (χ4n) is 4.08. The molecule has 1 aromatic heterocycles. The van der Waals surface area contributed by atoms with Gasteiger partial charge in [-0.3, -0.25) is 9.52 Å². The average Bonchev–Trinajstić information content (AvgIpc) is 3.27. The molecule has 7 heteroatoms. The lowest BCUT2D eigenvalue weighted by atomic mass is 9.89. The van der Waals surface area contributed by atoms with Crippen molar-refractivity contribution >= 4 is 15.9 Å². The smallest absolute Gasteiger partial charge is 0.237 e. The summed E-state index contributed by atoms with van der Waals surface area (Å²) < 4.78 is 26.2. The molecular formula is C23H34N2O4S. The van der Waals surface area contributed by atoms with Crippen molar-refractivity contribution in [3.05, 3.63) is 59.4 Å². The van der Waals surface area contributed by atoms with E-state index in [1.807, 2.05) is 48.5 Å². The Balaban J connectivity index is 0.00000155. The molecule has 1 aromatic carbocycles. The average molecular weight is 435 g/mol. The van der Waals surface area contributed by atoms with Crippen LogP contribution in [-0.2, 0) is 40.6 Å². The maximum absolute atomic E-state index is 11.8. The minimum atomic E-state index is -3.54. The fraction of sp³-hybridized carbons (Fsp3) is 0.522. The van der Waals surface area contributed by atoms with Gasteiger partial charge in [0.2, 0.25) is 15.9 Å². The Morgan fingerprint density at radius 1 is 1.20 bits per heavy atom. The third-order valence-corrected chi connectivity index (χ3v) is 5.97. The standard InChI is InChI=1S/C21H28N2O4S.C2H6/c1-15(24)20(11-17-9-18-5-3-4-6-19(18)10-17)14-23-8-7-16(13-23)12-21(25)22-28(2,26)27;1-2/h3-8,13,15,17,20,24H,9-12,14H2,1-2H3,(H,22,25);1-2H3/t15-,20+;/m1./s1. The lowest BCUT2D eigenvalue weighted by Gasteiger charge is -2.24. The second-order valence-corrected chi connectivity index (χ2v) is 9.72. The lowest BCUT2D eigenvalue weighted by molar-refractivity contribution is -0.118. The maximum atomic E-state index is 11.8. The molecular weight excluding hydrogens is 400 g/mol. The zero-order valence-electron chi connectivity index (χ0n) is 18.3. The van der Waals surface area contributed by atoms with Crippen LogP contribution in [0.1, 0.15) is 43.9 Å². The van der Waals surface area contributed by atoms with E-state index >= 15 is 0 Å². The highest BCUT2D eigenvalue weighted by Crippen LogP contribution is 2.32. The molecule has 0 bridgehead atoms. The summed E-state index contributed by atoms with van der Waals surface area (Å²) in [7, 11) is -3.54. The highest BCUT2D eigenvalue weighted by atomic mass is 32.2. The quantitative estimate of drug-likeness (QED) is 0.669. The second kappa shape index (κ2) is 10.8. The first-order valence-corrected chi connectivity index (χ1v) is 12.5. The van der Waals surface area contributed by atoms with E-state index in [0.717, 1.165) is 31.1 Å². The molecule has 1 aliphatic carbocycles. The van der Waals surface area contributed by atoms with Gasteiger partial charge in [0.25, 0.3) is 0 Å². The van der Waals surface area contributed by atoms with Gasteiger partial charge in [-0.25, -0.2) is 8.42 Å². The minimum absolute atomic E-state index is 0.0113. The van der Waals surface area contributed by atoms with E-state index in [-0.39, 0.29) is 12.3 Å². The number of nitrogens with zero attached hydrogens (tertiary/aromatic N) is 1. The zero-order valence-corrected chi connectivity index (χ0v) is 19.2. The van der Waals surface area contributed by atoms with Crippen LogP contribution >= 0.6 is 0 Å². The van der Waals surface area contributed by atoms with E-state index in [0.29, 0.717) is 12.5 Å². The summed E-state index contributed by atoms with van der Waals surface area (Å²) in [6, 6.07) is 10.3. The van der Waals surface area contributed by atoms with Gasteiger partial charge < -0.3 is 9.67 Å². The molecule has 1 amide bonds. The zero-order chi connectivity index (χ0) is 22.3. The monoisotopic (exact) mass is 434 g/mol. The molecule has 2 aromatic rings. The summed E-state index contributed by atoms with van der Waals surface area (Å²) in [4.78, 5) is 11.8. The van der Waals surface area contributed by atoms with E-state index in [1.165, 1.54) is 11.1 Å². The minimum Gasteiger partial charge on any atom is -0.393 e. The summed E-state index contributed by atoms with van der Waals surface area (Å²) in [6.07, 6.45) is 7.33. The number of fused-ring (bicyclic) bond motifs is 1. The van der Waals surface area contributed by atoms with Crippen molar-refractivity contribution < 1.29 is 18.3 Å². The Hall–Kier alpha value is -2.12. The van der Waals surface area contributed by atoms with Gasteiger partial charge in [0.1, 0.15) is 0 Å². The number of aromatic nitrogens is 1. The molecule has 0 fully saturated rings. The molecule has 6 nitrogen and oxygen atoms in total. The predicted molar refractivity (Wildman–Crippen MR) is 120 cm³/mol. The molecule has 0 spiro atoms. The van der Waals surface area contributed by atoms with Crippen LogP contribution < -0.4 is 4.72 Å².